The summed E-state index contributed by atoms with van der Waals surface area (Å²) in [6.45, 7) is 0.746. The lowest BCUT2D eigenvalue weighted by molar-refractivity contribution is -0.168. The van der Waals surface area contributed by atoms with Gasteiger partial charge in [-0.05, 0) is 23.6 Å². The molecule has 0 heterocycles. The van der Waals surface area contributed by atoms with E-state index in [0.717, 1.165) is 11.1 Å². The van der Waals surface area contributed by atoms with Gasteiger partial charge in [0.2, 0.25) is 0 Å². The van der Waals surface area contributed by atoms with Crippen molar-refractivity contribution in [2.45, 2.75) is 32.4 Å². The molecule has 102 valence electrons. The van der Waals surface area contributed by atoms with Crippen LogP contribution >= 0.6 is 0 Å². The second-order valence-corrected chi connectivity index (χ2v) is 4.02. The molecule has 1 rings (SSSR count). The Kier molecular flexibility index (Phi) is 5.10. The van der Waals surface area contributed by atoms with Gasteiger partial charge in [-0.15, -0.1) is 0 Å². The molecule has 0 aromatic heterocycles. The molecule has 0 aliphatic rings. The number of nitrogens with two attached hydrogens (primary N) is 1. The first-order valence-corrected chi connectivity index (χ1v) is 5.39. The van der Waals surface area contributed by atoms with Crippen LogP contribution in [-0.2, 0) is 17.9 Å². The van der Waals surface area contributed by atoms with Crippen molar-refractivity contribution < 1.29 is 22.3 Å². The Morgan fingerprint density at radius 2 is 2.00 bits per heavy atom. The molecule has 0 fully saturated rings. The Bertz CT molecular complexity index is 396. The van der Waals surface area contributed by atoms with E-state index in [4.69, 9.17) is 5.73 Å². The van der Waals surface area contributed by atoms with Gasteiger partial charge in [-0.2, -0.15) is 8.78 Å². The summed E-state index contributed by atoms with van der Waals surface area (Å²) in [5, 5.41) is 0. The highest BCUT2D eigenvalue weighted by Gasteiger charge is 2.40. The molecule has 0 radical (unpaired) electrons. The number of benzene rings is 1. The maximum atomic E-state index is 12.6. The highest BCUT2D eigenvalue weighted by molar-refractivity contribution is 5.30. The van der Waals surface area contributed by atoms with E-state index >= 15 is 0 Å². The lowest BCUT2D eigenvalue weighted by atomic mass is 10.1. The second kappa shape index (κ2) is 6.15. The van der Waals surface area contributed by atoms with Crippen LogP contribution in [0, 0.1) is 6.92 Å². The molecule has 1 aromatic rings. The largest absolute Gasteiger partial charge is 0.370 e. The summed E-state index contributed by atoms with van der Waals surface area (Å²) in [6, 6.07) is 5.25. The van der Waals surface area contributed by atoms with Gasteiger partial charge in [-0.3, -0.25) is 0 Å². The number of hydrogen-bond acceptors (Lipinski definition) is 2. The lowest BCUT2D eigenvalue weighted by Crippen LogP contribution is -2.32. The Morgan fingerprint density at radius 1 is 1.33 bits per heavy atom. The third-order valence-corrected chi connectivity index (χ3v) is 2.51. The zero-order chi connectivity index (χ0) is 13.8. The third-order valence-electron chi connectivity index (χ3n) is 2.51. The summed E-state index contributed by atoms with van der Waals surface area (Å²) in [4.78, 5) is 0. The van der Waals surface area contributed by atoms with Crippen LogP contribution in [0.15, 0.2) is 18.2 Å². The molecular weight excluding hydrogens is 250 g/mol. The van der Waals surface area contributed by atoms with Crippen LogP contribution in [0.4, 0.5) is 17.6 Å². The van der Waals surface area contributed by atoms with Crippen molar-refractivity contribution in [3.63, 3.8) is 0 Å². The van der Waals surface area contributed by atoms with Crippen molar-refractivity contribution in [2.75, 3.05) is 6.61 Å². The quantitative estimate of drug-likeness (QED) is 0.803. The first kappa shape index (κ1) is 14.9. The Labute approximate surface area is 103 Å². The molecule has 0 unspecified atom stereocenters. The van der Waals surface area contributed by atoms with E-state index in [2.05, 4.69) is 4.74 Å². The topological polar surface area (TPSA) is 35.2 Å². The van der Waals surface area contributed by atoms with Gasteiger partial charge in [-0.1, -0.05) is 18.2 Å². The molecule has 0 aliphatic heterocycles. The molecule has 1 aromatic carbocycles. The van der Waals surface area contributed by atoms with E-state index in [1.165, 1.54) is 0 Å². The number of alkyl halides is 4. The molecule has 0 spiro atoms. The van der Waals surface area contributed by atoms with Crippen molar-refractivity contribution in [2.24, 2.45) is 5.73 Å². The molecule has 18 heavy (non-hydrogen) atoms. The van der Waals surface area contributed by atoms with Crippen LogP contribution in [0.25, 0.3) is 0 Å². The SMILES string of the molecule is Cc1cc(CN)ccc1COCC(F)(F)C(F)F. The van der Waals surface area contributed by atoms with Gasteiger partial charge in [0, 0.05) is 6.54 Å². The zero-order valence-corrected chi connectivity index (χ0v) is 9.93. The minimum Gasteiger partial charge on any atom is -0.370 e. The van der Waals surface area contributed by atoms with Crippen LogP contribution in [0.2, 0.25) is 0 Å². The number of ether oxygens (including phenoxy) is 1. The van der Waals surface area contributed by atoms with Crippen LogP contribution < -0.4 is 5.73 Å². The van der Waals surface area contributed by atoms with Crippen LogP contribution in [0.3, 0.4) is 0 Å². The van der Waals surface area contributed by atoms with Crippen molar-refractivity contribution in [1.82, 2.24) is 0 Å². The molecule has 0 aliphatic carbocycles. The minimum atomic E-state index is -4.11. The molecular formula is C12H15F4NO. The average Bonchev–Trinajstić information content (AvgIpc) is 2.30. The van der Waals surface area contributed by atoms with Crippen molar-refractivity contribution in [1.29, 1.82) is 0 Å². The van der Waals surface area contributed by atoms with Gasteiger partial charge in [0.1, 0.15) is 6.61 Å². The summed E-state index contributed by atoms with van der Waals surface area (Å²) in [5.74, 6) is -4.11. The number of rotatable bonds is 6. The molecule has 2 N–H and O–H groups in total. The van der Waals surface area contributed by atoms with E-state index in [0.29, 0.717) is 12.1 Å². The monoisotopic (exact) mass is 265 g/mol. The van der Waals surface area contributed by atoms with E-state index in [-0.39, 0.29) is 6.61 Å². The maximum absolute atomic E-state index is 12.6. The van der Waals surface area contributed by atoms with E-state index in [1.54, 1.807) is 19.1 Å². The molecule has 0 bridgehead atoms. The lowest BCUT2D eigenvalue weighted by Gasteiger charge is -2.16. The highest BCUT2D eigenvalue weighted by Crippen LogP contribution is 2.23. The fraction of sp³-hybridized carbons (Fsp3) is 0.500. The number of hydrogen-bond donors (Lipinski definition) is 1. The number of aryl methyl sites for hydroxylation is 1. The zero-order valence-electron chi connectivity index (χ0n) is 9.93. The van der Waals surface area contributed by atoms with E-state index < -0.39 is 19.0 Å². The number of halogens is 4. The first-order valence-electron chi connectivity index (χ1n) is 5.39. The van der Waals surface area contributed by atoms with Gasteiger partial charge in [-0.25, -0.2) is 8.78 Å². The smallest absolute Gasteiger partial charge is 0.330 e. The summed E-state index contributed by atoms with van der Waals surface area (Å²) >= 11 is 0. The van der Waals surface area contributed by atoms with Gasteiger partial charge in [0.25, 0.3) is 0 Å². The summed E-state index contributed by atoms with van der Waals surface area (Å²) in [5.41, 5.74) is 7.87. The predicted octanol–water partition coefficient (Wildman–Crippen LogP) is 2.87. The first-order chi connectivity index (χ1) is 8.36. The van der Waals surface area contributed by atoms with Crippen LogP contribution in [-0.4, -0.2) is 19.0 Å². The molecule has 6 heteroatoms. The summed E-state index contributed by atoms with van der Waals surface area (Å²) < 4.78 is 53.5. The minimum absolute atomic E-state index is 0.126. The maximum Gasteiger partial charge on any atom is 0.330 e. The standard InChI is InChI=1S/C12H15F4NO/c1-8-4-9(5-17)2-3-10(8)6-18-7-12(15,16)11(13)14/h2-4,11H,5-7,17H2,1H3. The molecule has 2 nitrogen and oxygen atoms in total. The Hall–Kier alpha value is -1.14. The Morgan fingerprint density at radius 3 is 2.50 bits per heavy atom. The van der Waals surface area contributed by atoms with Crippen molar-refractivity contribution in [3.8, 4) is 0 Å². The van der Waals surface area contributed by atoms with E-state index in [9.17, 15) is 17.6 Å². The summed E-state index contributed by atoms with van der Waals surface area (Å²) in [6.07, 6.45) is -3.71. The summed E-state index contributed by atoms with van der Waals surface area (Å²) in [7, 11) is 0. The van der Waals surface area contributed by atoms with Gasteiger partial charge < -0.3 is 10.5 Å². The average molecular weight is 265 g/mol. The second-order valence-electron chi connectivity index (χ2n) is 4.02. The van der Waals surface area contributed by atoms with E-state index in [1.807, 2.05) is 6.07 Å². The molecule has 0 saturated heterocycles. The molecule has 0 amide bonds. The fourth-order valence-corrected chi connectivity index (χ4v) is 1.41. The third kappa shape index (κ3) is 3.96. The van der Waals surface area contributed by atoms with Gasteiger partial charge in [0.05, 0.1) is 6.61 Å². The van der Waals surface area contributed by atoms with Crippen molar-refractivity contribution >= 4 is 0 Å². The fourth-order valence-electron chi connectivity index (χ4n) is 1.41. The highest BCUT2D eigenvalue weighted by atomic mass is 19.3. The predicted molar refractivity (Wildman–Crippen MR) is 59.7 cm³/mol. The van der Waals surface area contributed by atoms with Gasteiger partial charge >= 0.3 is 12.3 Å². The van der Waals surface area contributed by atoms with Crippen LogP contribution in [0.1, 0.15) is 16.7 Å². The van der Waals surface area contributed by atoms with Crippen molar-refractivity contribution in [3.05, 3.63) is 34.9 Å². The normalized spacial score (nSPS) is 12.2. The molecule has 0 saturated carbocycles. The van der Waals surface area contributed by atoms with Gasteiger partial charge in [0.15, 0.2) is 0 Å². The molecule has 0 atom stereocenters. The van der Waals surface area contributed by atoms with Crippen LogP contribution in [0.5, 0.6) is 0 Å². The Balaban J connectivity index is 2.54.